The van der Waals surface area contributed by atoms with Crippen LogP contribution in [-0.4, -0.2) is 45.1 Å². The van der Waals surface area contributed by atoms with E-state index in [1.54, 1.807) is 0 Å². The Morgan fingerprint density at radius 1 is 1.36 bits per heavy atom. The summed E-state index contributed by atoms with van der Waals surface area (Å²) in [6.45, 7) is 0.413. The van der Waals surface area contributed by atoms with Crippen LogP contribution in [0.15, 0.2) is 48.1 Å². The van der Waals surface area contributed by atoms with Gasteiger partial charge in [-0.05, 0) is 12.1 Å². The number of aliphatic hydroxyl groups excluding tert-OH is 1. The number of nitrogens with zero attached hydrogens (tertiary/aromatic N) is 3. The van der Waals surface area contributed by atoms with Crippen LogP contribution >= 0.6 is 11.6 Å². The number of carbonyl (C=O) groups is 1. The Hall–Kier alpha value is -3.13. The number of amides is 1. The topological polar surface area (TPSA) is 102 Å². The molecule has 7 nitrogen and oxygen atoms in total. The van der Waals surface area contributed by atoms with Crippen LogP contribution in [0.1, 0.15) is 22.6 Å². The Kier molecular flexibility index (Phi) is 4.64. The lowest BCUT2D eigenvalue weighted by Gasteiger charge is -2.18. The molecule has 144 valence electrons. The molecule has 1 unspecified atom stereocenters. The first-order valence-corrected chi connectivity index (χ1v) is 8.88. The molecule has 1 amide bonds. The number of ether oxygens (including phenoxy) is 1. The Balaban J connectivity index is 1.55. The maximum absolute atomic E-state index is 13.7. The average molecular weight is 403 g/mol. The lowest BCUT2D eigenvalue weighted by Crippen LogP contribution is -2.30. The molecule has 0 saturated heterocycles. The van der Waals surface area contributed by atoms with E-state index in [2.05, 4.69) is 9.97 Å². The van der Waals surface area contributed by atoms with Gasteiger partial charge in [0.15, 0.2) is 5.82 Å². The van der Waals surface area contributed by atoms with Gasteiger partial charge in [-0.15, -0.1) is 0 Å². The van der Waals surface area contributed by atoms with E-state index in [1.165, 1.54) is 29.4 Å². The van der Waals surface area contributed by atoms with Gasteiger partial charge in [0.1, 0.15) is 17.7 Å². The van der Waals surface area contributed by atoms with Crippen molar-refractivity contribution in [3.05, 3.63) is 70.4 Å². The molecule has 9 heteroatoms. The molecule has 1 aliphatic carbocycles. The summed E-state index contributed by atoms with van der Waals surface area (Å²) in [5, 5.41) is 9.41. The van der Waals surface area contributed by atoms with Crippen LogP contribution in [0.4, 0.5) is 4.39 Å². The molecule has 2 heterocycles. The first kappa shape index (κ1) is 18.2. The minimum Gasteiger partial charge on any atom is -0.515 e. The molecule has 2 aromatic rings. The molecular weight excluding hydrogens is 387 g/mol. The van der Waals surface area contributed by atoms with E-state index < -0.39 is 5.82 Å². The highest BCUT2D eigenvalue weighted by Gasteiger charge is 2.35. The smallest absolute Gasteiger partial charge is 0.258 e. The maximum Gasteiger partial charge on any atom is 0.258 e. The van der Waals surface area contributed by atoms with Gasteiger partial charge in [0.05, 0.1) is 29.9 Å². The molecule has 3 N–H and O–H groups in total. The Morgan fingerprint density at radius 3 is 2.79 bits per heavy atom. The molecule has 1 fully saturated rings. The van der Waals surface area contributed by atoms with E-state index in [-0.39, 0.29) is 36.4 Å². The Labute approximate surface area is 164 Å². The van der Waals surface area contributed by atoms with Gasteiger partial charge in [-0.3, -0.25) is 4.79 Å². The molecule has 0 radical (unpaired) electrons. The van der Waals surface area contributed by atoms with Gasteiger partial charge in [-0.2, -0.15) is 0 Å². The van der Waals surface area contributed by atoms with Gasteiger partial charge in [-0.25, -0.2) is 14.4 Å². The predicted molar refractivity (Wildman–Crippen MR) is 100 cm³/mol. The minimum absolute atomic E-state index is 0.126. The quantitative estimate of drug-likeness (QED) is 0.762. The number of halogens is 2. The van der Waals surface area contributed by atoms with Crippen molar-refractivity contribution in [3.63, 3.8) is 0 Å². The fraction of sp³-hybridized carbons (Fsp3) is 0.211. The zero-order chi connectivity index (χ0) is 19.8. The molecule has 0 bridgehead atoms. The lowest BCUT2D eigenvalue weighted by molar-refractivity contribution is 0.0794. The summed E-state index contributed by atoms with van der Waals surface area (Å²) >= 11 is 5.81. The summed E-state index contributed by atoms with van der Waals surface area (Å²) in [5.74, 6) is -0.335. The van der Waals surface area contributed by atoms with Crippen LogP contribution in [0.3, 0.4) is 0 Å². The van der Waals surface area contributed by atoms with E-state index in [1.807, 2.05) is 0 Å². The average Bonchev–Trinajstić information content (AvgIpc) is 3.32. The molecule has 1 saturated carbocycles. The van der Waals surface area contributed by atoms with Crippen LogP contribution in [-0.2, 0) is 0 Å². The summed E-state index contributed by atoms with van der Waals surface area (Å²) in [4.78, 5) is 22.8. The van der Waals surface area contributed by atoms with E-state index in [0.717, 1.165) is 12.3 Å². The van der Waals surface area contributed by atoms with Crippen LogP contribution in [0.5, 0.6) is 5.75 Å². The van der Waals surface area contributed by atoms with Crippen molar-refractivity contribution >= 4 is 23.1 Å². The third kappa shape index (κ3) is 3.50. The number of carbonyl (C=O) groups excluding carboxylic acids is 1. The van der Waals surface area contributed by atoms with E-state index in [0.29, 0.717) is 34.1 Å². The summed E-state index contributed by atoms with van der Waals surface area (Å²) < 4.78 is 19.4. The number of aliphatic hydroxyl groups is 1. The summed E-state index contributed by atoms with van der Waals surface area (Å²) in [7, 11) is 0. The van der Waals surface area contributed by atoms with Crippen molar-refractivity contribution in [1.29, 1.82) is 0 Å². The lowest BCUT2D eigenvalue weighted by atomic mass is 10.1. The van der Waals surface area contributed by atoms with Crippen molar-refractivity contribution < 1.29 is 19.0 Å². The van der Waals surface area contributed by atoms with Crippen molar-refractivity contribution in [2.45, 2.75) is 12.5 Å². The number of aromatic nitrogens is 2. The Bertz CT molecular complexity index is 1010. The second-order valence-corrected chi connectivity index (χ2v) is 6.98. The first-order valence-electron chi connectivity index (χ1n) is 8.50. The molecule has 1 aliphatic heterocycles. The third-order valence-electron chi connectivity index (χ3n) is 4.56. The fourth-order valence-electron chi connectivity index (χ4n) is 2.98. The van der Waals surface area contributed by atoms with Crippen molar-refractivity contribution in [2.24, 2.45) is 5.73 Å². The summed E-state index contributed by atoms with van der Waals surface area (Å²) in [5.41, 5.74) is 8.12. The van der Waals surface area contributed by atoms with Gasteiger partial charge in [0.25, 0.3) is 5.91 Å². The highest BCUT2D eigenvalue weighted by Crippen LogP contribution is 2.36. The van der Waals surface area contributed by atoms with Crippen LogP contribution in [0.25, 0.3) is 5.57 Å². The van der Waals surface area contributed by atoms with Gasteiger partial charge < -0.3 is 20.5 Å². The van der Waals surface area contributed by atoms with Crippen LogP contribution in [0, 0.1) is 5.82 Å². The van der Waals surface area contributed by atoms with E-state index in [9.17, 15) is 9.18 Å². The van der Waals surface area contributed by atoms with Crippen LogP contribution < -0.4 is 10.5 Å². The van der Waals surface area contributed by atoms with Gasteiger partial charge in [0, 0.05) is 41.7 Å². The molecule has 28 heavy (non-hydrogen) atoms. The summed E-state index contributed by atoms with van der Waals surface area (Å²) in [6, 6.07) is 3.74. The largest absolute Gasteiger partial charge is 0.515 e. The monoisotopic (exact) mass is 402 g/mol. The van der Waals surface area contributed by atoms with Crippen molar-refractivity contribution in [1.82, 2.24) is 14.9 Å². The normalized spacial score (nSPS) is 20.0. The highest BCUT2D eigenvalue weighted by atomic mass is 35.5. The zero-order valence-corrected chi connectivity index (χ0v) is 15.4. The minimum atomic E-state index is -0.518. The molecule has 1 aromatic heterocycles. The number of rotatable bonds is 4. The van der Waals surface area contributed by atoms with Crippen LogP contribution in [0.2, 0.25) is 5.02 Å². The molecule has 4 rings (SSSR count). The zero-order valence-electron chi connectivity index (χ0n) is 14.6. The van der Waals surface area contributed by atoms with Gasteiger partial charge in [0.2, 0.25) is 0 Å². The molecule has 2 aliphatic rings. The van der Waals surface area contributed by atoms with Gasteiger partial charge >= 0.3 is 0 Å². The van der Waals surface area contributed by atoms with Crippen molar-refractivity contribution in [2.75, 3.05) is 13.1 Å². The Morgan fingerprint density at radius 2 is 2.11 bits per heavy atom. The number of hydrogen-bond donors (Lipinski definition) is 2. The predicted octanol–water partition coefficient (Wildman–Crippen LogP) is 2.69. The summed E-state index contributed by atoms with van der Waals surface area (Å²) in [6.07, 6.45) is 4.08. The van der Waals surface area contributed by atoms with Crippen molar-refractivity contribution in [3.8, 4) is 5.75 Å². The number of benzene rings is 1. The fourth-order valence-corrected chi connectivity index (χ4v) is 3.08. The molecule has 1 atom stereocenters. The van der Waals surface area contributed by atoms with E-state index in [4.69, 9.17) is 27.2 Å². The number of hydrogen-bond acceptors (Lipinski definition) is 6. The molecule has 0 spiro atoms. The highest BCUT2D eigenvalue weighted by molar-refractivity contribution is 6.30. The first-order chi connectivity index (χ1) is 13.5. The molecular formula is C19H16ClFN4O3. The SMILES string of the molecule is NC1=C(c2ncc(Cl)cn2)CN(C(=O)c2ccc(F)cc2OC2C/C2=C/O)C1. The standard InChI is InChI=1S/C19H16ClFN4O3/c20-11-5-23-18(24-6-11)14-7-25(8-15(14)22)19(27)13-2-1-12(21)4-17(13)28-16-3-10(16)9-26/h1-2,4-6,9,16,26H,3,7-8,22H2/b10-9-. The van der Waals surface area contributed by atoms with Gasteiger partial charge in [-0.1, -0.05) is 11.6 Å². The van der Waals surface area contributed by atoms with E-state index >= 15 is 0 Å². The maximum atomic E-state index is 13.7. The third-order valence-corrected chi connectivity index (χ3v) is 4.75. The second-order valence-electron chi connectivity index (χ2n) is 6.55. The number of nitrogens with two attached hydrogens (primary N) is 1. The molecule has 1 aromatic carbocycles. The second kappa shape index (κ2) is 7.12.